The van der Waals surface area contributed by atoms with E-state index >= 15 is 0 Å². The number of thiophene rings is 1. The van der Waals surface area contributed by atoms with Gasteiger partial charge in [0.1, 0.15) is 0 Å². The van der Waals surface area contributed by atoms with Gasteiger partial charge in [-0.05, 0) is 36.6 Å². The van der Waals surface area contributed by atoms with E-state index in [-0.39, 0.29) is 11.9 Å². The van der Waals surface area contributed by atoms with E-state index in [1.54, 1.807) is 29.5 Å². The van der Waals surface area contributed by atoms with Crippen molar-refractivity contribution in [3.05, 3.63) is 50.6 Å². The summed E-state index contributed by atoms with van der Waals surface area (Å²) in [5.41, 5.74) is 6.88. The Balaban J connectivity index is 2.00. The van der Waals surface area contributed by atoms with E-state index < -0.39 is 0 Å². The Morgan fingerprint density at radius 3 is 2.89 bits per heavy atom. The zero-order chi connectivity index (χ0) is 13.8. The van der Waals surface area contributed by atoms with Gasteiger partial charge in [-0.15, -0.1) is 11.3 Å². The molecule has 1 aromatic heterocycles. The molecule has 1 atom stereocenters. The summed E-state index contributed by atoms with van der Waals surface area (Å²) in [5, 5.41) is 5.02. The predicted molar refractivity (Wildman–Crippen MR) is 83.5 cm³/mol. The molecule has 2 rings (SSSR count). The van der Waals surface area contributed by atoms with Gasteiger partial charge in [-0.3, -0.25) is 4.79 Å². The fourth-order valence-electron chi connectivity index (χ4n) is 1.83. The van der Waals surface area contributed by atoms with Crippen molar-refractivity contribution in [3.63, 3.8) is 0 Å². The number of carbonyl (C=O) groups is 1. The van der Waals surface area contributed by atoms with Crippen LogP contribution in [-0.2, 0) is 6.42 Å². The maximum absolute atomic E-state index is 12.1. The Kier molecular flexibility index (Phi) is 4.61. The summed E-state index contributed by atoms with van der Waals surface area (Å²) in [5.74, 6) is -0.0999. The molecule has 0 saturated heterocycles. The Labute approximate surface area is 125 Å². The molecule has 0 radical (unpaired) electrons. The van der Waals surface area contributed by atoms with Crippen LogP contribution in [0.4, 0.5) is 5.69 Å². The van der Waals surface area contributed by atoms with E-state index in [2.05, 4.69) is 27.3 Å². The van der Waals surface area contributed by atoms with Gasteiger partial charge < -0.3 is 11.1 Å². The Morgan fingerprint density at radius 2 is 2.26 bits per heavy atom. The Hall–Kier alpha value is -1.33. The van der Waals surface area contributed by atoms with Crippen LogP contribution < -0.4 is 11.1 Å². The molecule has 0 bridgehead atoms. The van der Waals surface area contributed by atoms with Crippen molar-refractivity contribution in [3.8, 4) is 0 Å². The summed E-state index contributed by atoms with van der Waals surface area (Å²) < 4.78 is 0.809. The van der Waals surface area contributed by atoms with E-state index in [0.717, 1.165) is 10.9 Å². The normalized spacial score (nSPS) is 12.1. The van der Waals surface area contributed by atoms with Crippen molar-refractivity contribution >= 4 is 38.9 Å². The molecule has 0 fully saturated rings. The SMILES string of the molecule is CC(Cc1cccs1)NC(=O)c1cc(N)cc(Br)c1. The third-order valence-electron chi connectivity index (χ3n) is 2.65. The summed E-state index contributed by atoms with van der Waals surface area (Å²) in [6.45, 7) is 2.00. The molecule has 0 aliphatic heterocycles. The quantitative estimate of drug-likeness (QED) is 0.839. The molecule has 0 spiro atoms. The lowest BCUT2D eigenvalue weighted by Gasteiger charge is -2.13. The number of hydrogen-bond acceptors (Lipinski definition) is 3. The van der Waals surface area contributed by atoms with Gasteiger partial charge in [0.2, 0.25) is 0 Å². The van der Waals surface area contributed by atoms with Crippen LogP contribution in [0.1, 0.15) is 22.2 Å². The van der Waals surface area contributed by atoms with Crippen molar-refractivity contribution in [2.45, 2.75) is 19.4 Å². The molecule has 0 saturated carbocycles. The van der Waals surface area contributed by atoms with Crippen LogP contribution in [0, 0.1) is 0 Å². The molecule has 1 aromatic carbocycles. The van der Waals surface area contributed by atoms with Crippen molar-refractivity contribution < 1.29 is 4.79 Å². The second-order valence-electron chi connectivity index (χ2n) is 4.43. The number of halogens is 1. The van der Waals surface area contributed by atoms with Gasteiger partial charge in [0, 0.05) is 33.1 Å². The first-order valence-electron chi connectivity index (χ1n) is 5.94. The lowest BCUT2D eigenvalue weighted by atomic mass is 10.1. The number of amides is 1. The van der Waals surface area contributed by atoms with Crippen LogP contribution in [0.3, 0.4) is 0 Å². The van der Waals surface area contributed by atoms with Gasteiger partial charge >= 0.3 is 0 Å². The van der Waals surface area contributed by atoms with E-state index in [1.807, 2.05) is 18.4 Å². The number of benzene rings is 1. The zero-order valence-electron chi connectivity index (χ0n) is 10.5. The molecule has 1 amide bonds. The van der Waals surface area contributed by atoms with Gasteiger partial charge in [0.25, 0.3) is 5.91 Å². The van der Waals surface area contributed by atoms with Gasteiger partial charge in [0.15, 0.2) is 0 Å². The molecule has 1 unspecified atom stereocenters. The molecule has 100 valence electrons. The van der Waals surface area contributed by atoms with Crippen molar-refractivity contribution in [2.75, 3.05) is 5.73 Å². The van der Waals surface area contributed by atoms with Gasteiger partial charge in [0.05, 0.1) is 0 Å². The fourth-order valence-corrected chi connectivity index (χ4v) is 3.18. The van der Waals surface area contributed by atoms with Crippen molar-refractivity contribution in [2.24, 2.45) is 0 Å². The highest BCUT2D eigenvalue weighted by molar-refractivity contribution is 9.10. The summed E-state index contributed by atoms with van der Waals surface area (Å²) in [6, 6.07) is 9.40. The third-order valence-corrected chi connectivity index (χ3v) is 4.00. The van der Waals surface area contributed by atoms with Crippen molar-refractivity contribution in [1.82, 2.24) is 5.32 Å². The predicted octanol–water partition coefficient (Wildman–Crippen LogP) is 3.45. The highest BCUT2D eigenvalue weighted by Gasteiger charge is 2.11. The molecule has 2 aromatic rings. The van der Waals surface area contributed by atoms with Crippen LogP contribution in [0.15, 0.2) is 40.2 Å². The second kappa shape index (κ2) is 6.21. The van der Waals surface area contributed by atoms with E-state index in [9.17, 15) is 4.79 Å². The molecule has 3 nitrogen and oxygen atoms in total. The first kappa shape index (κ1) is 14.1. The maximum Gasteiger partial charge on any atom is 0.251 e. The topological polar surface area (TPSA) is 55.1 Å². The number of anilines is 1. The summed E-state index contributed by atoms with van der Waals surface area (Å²) in [6.07, 6.45) is 0.840. The van der Waals surface area contributed by atoms with E-state index in [4.69, 9.17) is 5.73 Å². The maximum atomic E-state index is 12.1. The molecule has 19 heavy (non-hydrogen) atoms. The second-order valence-corrected chi connectivity index (χ2v) is 6.38. The van der Waals surface area contributed by atoms with Crippen LogP contribution >= 0.6 is 27.3 Å². The Bertz CT molecular complexity index is 549. The first-order chi connectivity index (χ1) is 9.04. The lowest BCUT2D eigenvalue weighted by Crippen LogP contribution is -2.33. The van der Waals surface area contributed by atoms with Gasteiger partial charge in [-0.2, -0.15) is 0 Å². The lowest BCUT2D eigenvalue weighted by molar-refractivity contribution is 0.0940. The molecule has 0 aliphatic carbocycles. The first-order valence-corrected chi connectivity index (χ1v) is 7.61. The Morgan fingerprint density at radius 1 is 1.47 bits per heavy atom. The smallest absolute Gasteiger partial charge is 0.251 e. The highest BCUT2D eigenvalue weighted by atomic mass is 79.9. The minimum absolute atomic E-state index is 0.0892. The monoisotopic (exact) mass is 338 g/mol. The zero-order valence-corrected chi connectivity index (χ0v) is 12.9. The molecule has 1 heterocycles. The average molecular weight is 339 g/mol. The largest absolute Gasteiger partial charge is 0.399 e. The summed E-state index contributed by atoms with van der Waals surface area (Å²) in [4.78, 5) is 13.4. The van der Waals surface area contributed by atoms with E-state index in [0.29, 0.717) is 11.3 Å². The molecular weight excluding hydrogens is 324 g/mol. The number of carbonyl (C=O) groups excluding carboxylic acids is 1. The standard InChI is InChI=1S/C14H15BrN2OS/c1-9(5-13-3-2-4-19-13)17-14(18)10-6-11(15)8-12(16)7-10/h2-4,6-9H,5,16H2,1H3,(H,17,18). The van der Waals surface area contributed by atoms with Crippen molar-refractivity contribution in [1.29, 1.82) is 0 Å². The highest BCUT2D eigenvalue weighted by Crippen LogP contribution is 2.17. The molecular formula is C14H15BrN2OS. The van der Waals surface area contributed by atoms with Gasteiger partial charge in [-0.25, -0.2) is 0 Å². The van der Waals surface area contributed by atoms with Crippen LogP contribution in [0.2, 0.25) is 0 Å². The number of nitrogens with two attached hydrogens (primary N) is 1. The minimum Gasteiger partial charge on any atom is -0.399 e. The van der Waals surface area contributed by atoms with Crippen LogP contribution in [0.25, 0.3) is 0 Å². The molecule has 3 N–H and O–H groups in total. The number of hydrogen-bond donors (Lipinski definition) is 2. The third kappa shape index (κ3) is 4.08. The van der Waals surface area contributed by atoms with Gasteiger partial charge in [-0.1, -0.05) is 22.0 Å². The van der Waals surface area contributed by atoms with Crippen LogP contribution in [0.5, 0.6) is 0 Å². The minimum atomic E-state index is -0.0999. The molecule has 5 heteroatoms. The fraction of sp³-hybridized carbons (Fsp3) is 0.214. The molecule has 0 aliphatic rings. The number of nitrogen functional groups attached to an aromatic ring is 1. The summed E-state index contributed by atoms with van der Waals surface area (Å²) >= 11 is 5.04. The van der Waals surface area contributed by atoms with Crippen LogP contribution in [-0.4, -0.2) is 11.9 Å². The number of rotatable bonds is 4. The van der Waals surface area contributed by atoms with E-state index in [1.165, 1.54) is 4.88 Å². The average Bonchev–Trinajstić information content (AvgIpc) is 2.80. The number of nitrogens with one attached hydrogen (secondary N) is 1. The summed E-state index contributed by atoms with van der Waals surface area (Å²) in [7, 11) is 0.